The first-order chi connectivity index (χ1) is 10.4. The van der Waals surface area contributed by atoms with Gasteiger partial charge in [0.05, 0.1) is 0 Å². The third kappa shape index (κ3) is 4.31. The molecule has 21 heavy (non-hydrogen) atoms. The predicted molar refractivity (Wildman–Crippen MR) is 85.3 cm³/mol. The molecule has 3 rings (SSSR count). The number of anilines is 1. The van der Waals surface area contributed by atoms with Crippen LogP contribution in [-0.2, 0) is 13.0 Å². The molecule has 0 bridgehead atoms. The molecule has 0 aliphatic heterocycles. The fourth-order valence-electron chi connectivity index (χ4n) is 2.99. The highest BCUT2D eigenvalue weighted by atomic mass is 15.3. The van der Waals surface area contributed by atoms with Gasteiger partial charge in [-0.05, 0) is 37.0 Å². The Kier molecular flexibility index (Phi) is 4.87. The number of nitrogens with zero attached hydrogens (tertiary/aromatic N) is 3. The van der Waals surface area contributed by atoms with Crippen molar-refractivity contribution in [2.24, 2.45) is 0 Å². The Morgan fingerprint density at radius 2 is 1.81 bits per heavy atom. The van der Waals surface area contributed by atoms with Crippen LogP contribution in [0.1, 0.15) is 44.1 Å². The third-order valence-electron chi connectivity index (χ3n) is 4.23. The maximum absolute atomic E-state index is 4.64. The molecule has 1 aliphatic rings. The van der Waals surface area contributed by atoms with Crippen molar-refractivity contribution in [1.29, 1.82) is 0 Å². The van der Waals surface area contributed by atoms with Gasteiger partial charge in [0.15, 0.2) is 0 Å². The van der Waals surface area contributed by atoms with Crippen molar-refractivity contribution < 1.29 is 0 Å². The summed E-state index contributed by atoms with van der Waals surface area (Å²) in [4.78, 5) is 4.04. The molecule has 2 aromatic rings. The SMILES string of the molecule is c1cc(CCn2ccc(NC3CCCCCC3)n2)ccn1. The second-order valence-electron chi connectivity index (χ2n) is 5.90. The maximum Gasteiger partial charge on any atom is 0.148 e. The lowest BCUT2D eigenvalue weighted by molar-refractivity contribution is 0.597. The molecule has 2 aromatic heterocycles. The van der Waals surface area contributed by atoms with E-state index in [-0.39, 0.29) is 0 Å². The summed E-state index contributed by atoms with van der Waals surface area (Å²) in [7, 11) is 0. The molecule has 1 fully saturated rings. The van der Waals surface area contributed by atoms with Crippen LogP contribution in [0.2, 0.25) is 0 Å². The fourth-order valence-corrected chi connectivity index (χ4v) is 2.99. The molecule has 4 nitrogen and oxygen atoms in total. The van der Waals surface area contributed by atoms with Crippen LogP contribution in [0.15, 0.2) is 36.8 Å². The van der Waals surface area contributed by atoms with E-state index in [9.17, 15) is 0 Å². The van der Waals surface area contributed by atoms with Crippen molar-refractivity contribution in [3.8, 4) is 0 Å². The minimum Gasteiger partial charge on any atom is -0.366 e. The molecule has 1 saturated carbocycles. The molecule has 0 atom stereocenters. The summed E-state index contributed by atoms with van der Waals surface area (Å²) >= 11 is 0. The van der Waals surface area contributed by atoms with Crippen LogP contribution in [-0.4, -0.2) is 20.8 Å². The van der Waals surface area contributed by atoms with Gasteiger partial charge in [0.2, 0.25) is 0 Å². The summed E-state index contributed by atoms with van der Waals surface area (Å²) < 4.78 is 2.03. The molecule has 0 aromatic carbocycles. The van der Waals surface area contributed by atoms with E-state index in [1.54, 1.807) is 0 Å². The number of aryl methyl sites for hydroxylation is 2. The maximum atomic E-state index is 4.64. The first-order valence-corrected chi connectivity index (χ1v) is 8.09. The monoisotopic (exact) mass is 284 g/mol. The number of pyridine rings is 1. The van der Waals surface area contributed by atoms with E-state index in [1.165, 1.54) is 44.1 Å². The minimum atomic E-state index is 0.607. The van der Waals surface area contributed by atoms with Gasteiger partial charge in [0.25, 0.3) is 0 Å². The van der Waals surface area contributed by atoms with Crippen LogP contribution < -0.4 is 5.32 Å². The fraction of sp³-hybridized carbons (Fsp3) is 0.529. The summed E-state index contributed by atoms with van der Waals surface area (Å²) in [6, 6.07) is 6.83. The highest BCUT2D eigenvalue weighted by Gasteiger charge is 2.12. The van der Waals surface area contributed by atoms with Gasteiger partial charge in [0, 0.05) is 37.2 Å². The van der Waals surface area contributed by atoms with Gasteiger partial charge < -0.3 is 5.32 Å². The number of rotatable bonds is 5. The number of aromatic nitrogens is 3. The van der Waals surface area contributed by atoms with Crippen LogP contribution in [0.25, 0.3) is 0 Å². The van der Waals surface area contributed by atoms with Gasteiger partial charge in [-0.3, -0.25) is 9.67 Å². The number of hydrogen-bond donors (Lipinski definition) is 1. The molecule has 0 saturated heterocycles. The highest BCUT2D eigenvalue weighted by Crippen LogP contribution is 2.20. The predicted octanol–water partition coefficient (Wildman–Crippen LogP) is 3.66. The average molecular weight is 284 g/mol. The Bertz CT molecular complexity index is 527. The molecule has 1 aliphatic carbocycles. The lowest BCUT2D eigenvalue weighted by atomic mass is 10.1. The minimum absolute atomic E-state index is 0.607. The topological polar surface area (TPSA) is 42.7 Å². The first kappa shape index (κ1) is 14.1. The van der Waals surface area contributed by atoms with Crippen molar-refractivity contribution in [3.05, 3.63) is 42.4 Å². The van der Waals surface area contributed by atoms with Gasteiger partial charge in [0.1, 0.15) is 5.82 Å². The Balaban J connectivity index is 1.51. The van der Waals surface area contributed by atoms with Crippen molar-refractivity contribution in [2.45, 2.75) is 57.5 Å². The van der Waals surface area contributed by atoms with Gasteiger partial charge in [-0.1, -0.05) is 25.7 Å². The van der Waals surface area contributed by atoms with Crippen molar-refractivity contribution >= 4 is 5.82 Å². The van der Waals surface area contributed by atoms with Crippen LogP contribution >= 0.6 is 0 Å². The molecular formula is C17H24N4. The van der Waals surface area contributed by atoms with E-state index in [4.69, 9.17) is 0 Å². The molecular weight excluding hydrogens is 260 g/mol. The quantitative estimate of drug-likeness (QED) is 0.852. The Morgan fingerprint density at radius 3 is 2.57 bits per heavy atom. The Hall–Kier alpha value is -1.84. The first-order valence-electron chi connectivity index (χ1n) is 8.09. The second-order valence-corrected chi connectivity index (χ2v) is 5.90. The standard InChI is InChI=1S/C17H24N4/c1-2-4-6-16(5-3-1)19-17-10-14-21(20-17)13-9-15-7-11-18-12-8-15/h7-8,10-12,14,16H,1-6,9,13H2,(H,19,20). The molecule has 2 heterocycles. The van der Waals surface area contributed by atoms with Crippen LogP contribution in [0, 0.1) is 0 Å². The smallest absolute Gasteiger partial charge is 0.148 e. The van der Waals surface area contributed by atoms with E-state index in [1.807, 2.05) is 17.1 Å². The normalized spacial score (nSPS) is 16.6. The lowest BCUT2D eigenvalue weighted by Gasteiger charge is -2.15. The molecule has 0 amide bonds. The van der Waals surface area contributed by atoms with E-state index in [0.717, 1.165) is 18.8 Å². The number of nitrogens with one attached hydrogen (secondary N) is 1. The zero-order valence-corrected chi connectivity index (χ0v) is 12.5. The molecule has 0 unspecified atom stereocenters. The van der Waals surface area contributed by atoms with Gasteiger partial charge in [-0.2, -0.15) is 5.10 Å². The molecule has 4 heteroatoms. The van der Waals surface area contributed by atoms with Crippen LogP contribution in [0.3, 0.4) is 0 Å². The third-order valence-corrected chi connectivity index (χ3v) is 4.23. The summed E-state index contributed by atoms with van der Waals surface area (Å²) in [5.74, 6) is 1.02. The van der Waals surface area contributed by atoms with E-state index < -0.39 is 0 Å². The Labute approximate surface area is 126 Å². The zero-order chi connectivity index (χ0) is 14.3. The van der Waals surface area contributed by atoms with E-state index in [2.05, 4.69) is 39.8 Å². The molecule has 0 spiro atoms. The molecule has 0 radical (unpaired) electrons. The van der Waals surface area contributed by atoms with E-state index in [0.29, 0.717) is 6.04 Å². The summed E-state index contributed by atoms with van der Waals surface area (Å²) in [5, 5.41) is 8.24. The lowest BCUT2D eigenvalue weighted by Crippen LogP contribution is -2.18. The van der Waals surface area contributed by atoms with Crippen molar-refractivity contribution in [1.82, 2.24) is 14.8 Å². The van der Waals surface area contributed by atoms with Gasteiger partial charge in [-0.15, -0.1) is 0 Å². The summed E-state index contributed by atoms with van der Waals surface area (Å²) in [6.45, 7) is 0.913. The number of hydrogen-bond acceptors (Lipinski definition) is 3. The van der Waals surface area contributed by atoms with Gasteiger partial charge in [-0.25, -0.2) is 0 Å². The molecule has 1 N–H and O–H groups in total. The van der Waals surface area contributed by atoms with Gasteiger partial charge >= 0.3 is 0 Å². The Morgan fingerprint density at radius 1 is 1.05 bits per heavy atom. The van der Waals surface area contributed by atoms with Crippen molar-refractivity contribution in [2.75, 3.05) is 5.32 Å². The van der Waals surface area contributed by atoms with Crippen molar-refractivity contribution in [3.63, 3.8) is 0 Å². The van der Waals surface area contributed by atoms with E-state index >= 15 is 0 Å². The summed E-state index contributed by atoms with van der Waals surface area (Å²) in [6.07, 6.45) is 14.8. The highest BCUT2D eigenvalue weighted by molar-refractivity contribution is 5.33. The summed E-state index contributed by atoms with van der Waals surface area (Å²) in [5.41, 5.74) is 1.30. The second kappa shape index (κ2) is 7.25. The average Bonchev–Trinajstić information content (AvgIpc) is 2.80. The molecule has 112 valence electrons. The largest absolute Gasteiger partial charge is 0.366 e. The van der Waals surface area contributed by atoms with Crippen LogP contribution in [0.5, 0.6) is 0 Å². The zero-order valence-electron chi connectivity index (χ0n) is 12.5. The van der Waals surface area contributed by atoms with Crippen LogP contribution in [0.4, 0.5) is 5.82 Å².